The second-order valence-electron chi connectivity index (χ2n) is 5.83. The van der Waals surface area contributed by atoms with Crippen LogP contribution in [0.25, 0.3) is 0 Å². The van der Waals surface area contributed by atoms with Gasteiger partial charge >= 0.3 is 5.97 Å². The molecule has 0 spiro atoms. The van der Waals surface area contributed by atoms with E-state index >= 15 is 0 Å². The Morgan fingerprint density at radius 2 is 2.36 bits per heavy atom. The quantitative estimate of drug-likeness (QED) is 0.605. The fraction of sp³-hybridized carbons (Fsp3) is 0.733. The summed E-state index contributed by atoms with van der Waals surface area (Å²) in [6.07, 6.45) is 1.67. The largest absolute Gasteiger partial charge is 0.461 e. The van der Waals surface area contributed by atoms with E-state index in [1.807, 2.05) is 6.92 Å². The zero-order valence-corrected chi connectivity index (χ0v) is 13.6. The number of aliphatic hydroxyl groups is 1. The van der Waals surface area contributed by atoms with E-state index in [2.05, 4.69) is 0 Å². The molecule has 1 amide bonds. The highest BCUT2D eigenvalue weighted by Gasteiger charge is 2.58. The van der Waals surface area contributed by atoms with Crippen molar-refractivity contribution < 1.29 is 24.2 Å². The van der Waals surface area contributed by atoms with Crippen molar-refractivity contribution in [3.63, 3.8) is 0 Å². The van der Waals surface area contributed by atoms with Gasteiger partial charge in [0.25, 0.3) is 0 Å². The van der Waals surface area contributed by atoms with Crippen molar-refractivity contribution in [3.8, 4) is 0 Å². The normalized spacial score (nSPS) is 32.0. The number of carbonyl (C=O) groups excluding carboxylic acids is 2. The average Bonchev–Trinajstić information content (AvgIpc) is 3.09. The maximum atomic E-state index is 12.4. The van der Waals surface area contributed by atoms with Crippen molar-refractivity contribution in [1.29, 1.82) is 0 Å². The number of aliphatic hydroxyl groups excluding tert-OH is 1. The van der Waals surface area contributed by atoms with E-state index in [-0.39, 0.29) is 17.4 Å². The third-order valence-corrected chi connectivity index (χ3v) is 5.63. The summed E-state index contributed by atoms with van der Waals surface area (Å²) in [4.78, 5) is 27.0. The van der Waals surface area contributed by atoms with E-state index in [4.69, 9.17) is 9.47 Å². The first-order valence-electron chi connectivity index (χ1n) is 7.77. The molecule has 2 saturated heterocycles. The van der Waals surface area contributed by atoms with E-state index in [0.29, 0.717) is 18.9 Å². The van der Waals surface area contributed by atoms with Crippen LogP contribution >= 0.6 is 11.8 Å². The van der Waals surface area contributed by atoms with Gasteiger partial charge in [0, 0.05) is 11.5 Å². The molecule has 1 N–H and O–H groups in total. The number of β-lactam (4-membered cyclic amide) rings is 1. The van der Waals surface area contributed by atoms with Crippen LogP contribution in [-0.4, -0.2) is 52.7 Å². The van der Waals surface area contributed by atoms with Gasteiger partial charge in [-0.1, -0.05) is 18.7 Å². The summed E-state index contributed by atoms with van der Waals surface area (Å²) >= 11 is 1.47. The van der Waals surface area contributed by atoms with Gasteiger partial charge in [0.15, 0.2) is 0 Å². The number of nitrogens with zero attached hydrogens (tertiary/aromatic N) is 1. The van der Waals surface area contributed by atoms with Crippen LogP contribution in [0.4, 0.5) is 0 Å². The highest BCUT2D eigenvalue weighted by Crippen LogP contribution is 2.52. The number of hydrogen-bond donors (Lipinski definition) is 1. The van der Waals surface area contributed by atoms with Crippen LogP contribution in [0.15, 0.2) is 10.6 Å². The van der Waals surface area contributed by atoms with Crippen molar-refractivity contribution in [3.05, 3.63) is 10.6 Å². The van der Waals surface area contributed by atoms with Gasteiger partial charge in [-0.2, -0.15) is 0 Å². The summed E-state index contributed by atoms with van der Waals surface area (Å²) in [6.45, 7) is 4.54. The number of thioether (sulfide) groups is 1. The first-order valence-corrected chi connectivity index (χ1v) is 8.65. The number of carbonyl (C=O) groups is 2. The molecular weight excluding hydrogens is 306 g/mol. The standard InChI is InChI=1S/C15H21NO5S/c1-3-6-21-15(19)11-12(9-5-4-7-20-9)22-14-10(8(2)17)13(18)16(11)14/h8-10,14,17H,3-7H2,1-2H3/t8-,9-,10+,14-/m1/s1. The molecule has 0 aromatic heterocycles. The highest BCUT2D eigenvalue weighted by molar-refractivity contribution is 8.04. The fourth-order valence-corrected chi connectivity index (χ4v) is 4.77. The van der Waals surface area contributed by atoms with Crippen LogP contribution in [-0.2, 0) is 19.1 Å². The molecule has 6 nitrogen and oxygen atoms in total. The molecule has 122 valence electrons. The SMILES string of the molecule is CCCOC(=O)C1=C([C@H]2CCCO2)S[C@@H]2[C@@H]([C@@H](C)O)C(=O)N12. The molecule has 7 heteroatoms. The Labute approximate surface area is 133 Å². The van der Waals surface area contributed by atoms with Crippen molar-refractivity contribution in [1.82, 2.24) is 4.90 Å². The lowest BCUT2D eigenvalue weighted by Crippen LogP contribution is -2.60. The Bertz CT molecular complexity index is 512. The van der Waals surface area contributed by atoms with Crippen LogP contribution < -0.4 is 0 Å². The van der Waals surface area contributed by atoms with Gasteiger partial charge in [0.05, 0.1) is 24.7 Å². The number of fused-ring (bicyclic) bond motifs is 1. The molecule has 0 aliphatic carbocycles. The molecule has 2 fully saturated rings. The number of ether oxygens (including phenoxy) is 2. The van der Waals surface area contributed by atoms with Gasteiger partial charge in [0.2, 0.25) is 5.91 Å². The fourth-order valence-electron chi connectivity index (χ4n) is 3.07. The lowest BCUT2D eigenvalue weighted by Gasteiger charge is -2.43. The molecule has 22 heavy (non-hydrogen) atoms. The molecule has 0 aromatic carbocycles. The zero-order valence-electron chi connectivity index (χ0n) is 12.8. The van der Waals surface area contributed by atoms with E-state index in [1.165, 1.54) is 16.7 Å². The minimum atomic E-state index is -0.724. The van der Waals surface area contributed by atoms with Crippen LogP contribution in [0.5, 0.6) is 0 Å². The molecule has 0 aromatic rings. The molecular formula is C15H21NO5S. The van der Waals surface area contributed by atoms with Crippen LogP contribution in [0, 0.1) is 5.92 Å². The van der Waals surface area contributed by atoms with Crippen LogP contribution in [0.1, 0.15) is 33.1 Å². The Kier molecular flexibility index (Phi) is 4.47. The maximum Gasteiger partial charge on any atom is 0.356 e. The predicted molar refractivity (Wildman–Crippen MR) is 80.6 cm³/mol. The van der Waals surface area contributed by atoms with E-state index < -0.39 is 18.0 Å². The smallest absolute Gasteiger partial charge is 0.356 e. The Morgan fingerprint density at radius 1 is 1.59 bits per heavy atom. The molecule has 0 unspecified atom stereocenters. The van der Waals surface area contributed by atoms with E-state index in [9.17, 15) is 14.7 Å². The molecule has 3 aliphatic rings. The molecule has 0 radical (unpaired) electrons. The summed E-state index contributed by atoms with van der Waals surface area (Å²) in [5.74, 6) is -1.12. The average molecular weight is 327 g/mol. The zero-order chi connectivity index (χ0) is 15.9. The Balaban J connectivity index is 1.87. The van der Waals surface area contributed by atoms with Gasteiger partial charge < -0.3 is 14.6 Å². The first-order chi connectivity index (χ1) is 10.6. The second-order valence-corrected chi connectivity index (χ2v) is 6.99. The lowest BCUT2D eigenvalue weighted by molar-refractivity contribution is -0.158. The molecule has 0 bridgehead atoms. The Hall–Kier alpha value is -1.05. The molecule has 3 rings (SSSR count). The lowest BCUT2D eigenvalue weighted by atomic mass is 9.92. The van der Waals surface area contributed by atoms with Gasteiger partial charge in [-0.3, -0.25) is 9.69 Å². The molecule has 0 saturated carbocycles. The Morgan fingerprint density at radius 3 is 2.95 bits per heavy atom. The molecule has 3 heterocycles. The number of hydrogen-bond acceptors (Lipinski definition) is 6. The summed E-state index contributed by atoms with van der Waals surface area (Å²) < 4.78 is 10.9. The third-order valence-electron chi connectivity index (χ3n) is 4.18. The topological polar surface area (TPSA) is 76.1 Å². The van der Waals surface area contributed by atoms with Gasteiger partial charge in [0.1, 0.15) is 11.1 Å². The molecule has 3 aliphatic heterocycles. The minimum Gasteiger partial charge on any atom is -0.461 e. The summed E-state index contributed by atoms with van der Waals surface area (Å²) in [6, 6.07) is 0. The molecule has 4 atom stereocenters. The maximum absolute atomic E-state index is 12.4. The van der Waals surface area contributed by atoms with Crippen LogP contribution in [0.2, 0.25) is 0 Å². The van der Waals surface area contributed by atoms with Crippen molar-refractivity contribution in [2.24, 2.45) is 5.92 Å². The van der Waals surface area contributed by atoms with E-state index in [0.717, 1.165) is 24.2 Å². The van der Waals surface area contributed by atoms with Crippen molar-refractivity contribution in [2.75, 3.05) is 13.2 Å². The van der Waals surface area contributed by atoms with Gasteiger partial charge in [-0.25, -0.2) is 4.79 Å². The van der Waals surface area contributed by atoms with E-state index in [1.54, 1.807) is 6.92 Å². The number of esters is 1. The highest BCUT2D eigenvalue weighted by atomic mass is 32.2. The summed E-state index contributed by atoms with van der Waals surface area (Å²) in [5.41, 5.74) is 0.331. The van der Waals surface area contributed by atoms with Crippen LogP contribution in [0.3, 0.4) is 0 Å². The second kappa shape index (κ2) is 6.22. The summed E-state index contributed by atoms with van der Waals surface area (Å²) in [7, 11) is 0. The number of amides is 1. The van der Waals surface area contributed by atoms with Crippen molar-refractivity contribution >= 4 is 23.6 Å². The first kappa shape index (κ1) is 15.8. The summed E-state index contributed by atoms with van der Waals surface area (Å²) in [5, 5.41) is 9.57. The van der Waals surface area contributed by atoms with Gasteiger partial charge in [-0.15, -0.1) is 0 Å². The van der Waals surface area contributed by atoms with Gasteiger partial charge in [-0.05, 0) is 26.2 Å². The predicted octanol–water partition coefficient (Wildman–Crippen LogP) is 1.24. The third kappa shape index (κ3) is 2.45. The van der Waals surface area contributed by atoms with Crippen molar-refractivity contribution in [2.45, 2.75) is 50.7 Å². The minimum absolute atomic E-state index is 0.137. The number of rotatable bonds is 5. The monoisotopic (exact) mass is 327 g/mol.